The summed E-state index contributed by atoms with van der Waals surface area (Å²) in [5.41, 5.74) is 1.66. The molecule has 2 aromatic rings. The van der Waals surface area contributed by atoms with Crippen LogP contribution in [0.3, 0.4) is 0 Å². The van der Waals surface area contributed by atoms with Crippen molar-refractivity contribution in [3.63, 3.8) is 0 Å². The largest absolute Gasteiger partial charge is 0.293 e. The fraction of sp³-hybridized carbons (Fsp3) is 0.188. The maximum atomic E-state index is 13.1. The molecule has 0 aromatic heterocycles. The van der Waals surface area contributed by atoms with E-state index in [2.05, 4.69) is 0 Å². The van der Waals surface area contributed by atoms with E-state index < -0.39 is 16.6 Å². The first-order valence-electron chi connectivity index (χ1n) is 6.47. The minimum atomic E-state index is -1.54. The van der Waals surface area contributed by atoms with Crippen molar-refractivity contribution in [1.29, 1.82) is 0 Å². The number of halogens is 2. The number of hydrogen-bond acceptors (Lipinski definition) is 2. The van der Waals surface area contributed by atoms with Crippen molar-refractivity contribution >= 4 is 28.2 Å². The average molecular weight is 325 g/mol. The molecule has 0 aliphatic carbocycles. The highest BCUT2D eigenvalue weighted by Crippen LogP contribution is 2.19. The normalized spacial score (nSPS) is 12.1. The van der Waals surface area contributed by atoms with Gasteiger partial charge in [-0.2, -0.15) is 0 Å². The van der Waals surface area contributed by atoms with E-state index in [-0.39, 0.29) is 16.6 Å². The van der Waals surface area contributed by atoms with Gasteiger partial charge in [0, 0.05) is 10.5 Å². The van der Waals surface area contributed by atoms with E-state index in [1.807, 2.05) is 19.1 Å². The minimum Gasteiger partial charge on any atom is -0.293 e. The second-order valence-electron chi connectivity index (χ2n) is 4.54. The van der Waals surface area contributed by atoms with Crippen LogP contribution in [0.5, 0.6) is 0 Å². The van der Waals surface area contributed by atoms with Gasteiger partial charge in [-0.3, -0.25) is 9.00 Å². The second kappa shape index (κ2) is 6.96. The molecule has 0 radical (unpaired) electrons. The molecule has 0 amide bonds. The first-order valence-corrected chi connectivity index (χ1v) is 8.16. The Labute approximate surface area is 130 Å². The molecule has 0 saturated heterocycles. The van der Waals surface area contributed by atoms with E-state index in [1.54, 1.807) is 12.1 Å². The van der Waals surface area contributed by atoms with Crippen LogP contribution in [0.2, 0.25) is 5.02 Å². The lowest BCUT2D eigenvalue weighted by molar-refractivity contribution is 0.102. The minimum absolute atomic E-state index is 0.0967. The smallest absolute Gasteiger partial charge is 0.175 e. The molecule has 5 heteroatoms. The predicted molar refractivity (Wildman–Crippen MR) is 82.8 cm³/mol. The Morgan fingerprint density at radius 2 is 1.86 bits per heavy atom. The molecular weight excluding hydrogens is 311 g/mol. The third-order valence-electron chi connectivity index (χ3n) is 3.10. The standard InChI is InChI=1S/C16H14ClFO2S/c1-2-11-3-5-12(6-4-11)16(19)10-21(20)13-7-8-15(18)14(17)9-13/h3-9H,2,10H2,1H3. The molecule has 2 aromatic carbocycles. The highest BCUT2D eigenvalue weighted by atomic mass is 35.5. The molecule has 2 nitrogen and oxygen atoms in total. The summed E-state index contributed by atoms with van der Waals surface area (Å²) < 4.78 is 25.2. The Bertz CT molecular complexity index is 683. The van der Waals surface area contributed by atoms with Crippen LogP contribution >= 0.6 is 11.6 Å². The Morgan fingerprint density at radius 3 is 2.43 bits per heavy atom. The number of hydrogen-bond donors (Lipinski definition) is 0. The lowest BCUT2D eigenvalue weighted by atomic mass is 10.1. The van der Waals surface area contributed by atoms with Gasteiger partial charge in [0.15, 0.2) is 5.78 Å². The Hall–Kier alpha value is -1.52. The lowest BCUT2D eigenvalue weighted by Gasteiger charge is -2.04. The van der Waals surface area contributed by atoms with Gasteiger partial charge in [0.05, 0.1) is 21.6 Å². The monoisotopic (exact) mass is 324 g/mol. The summed E-state index contributed by atoms with van der Waals surface area (Å²) in [7, 11) is -1.54. The van der Waals surface area contributed by atoms with Gasteiger partial charge < -0.3 is 0 Å². The van der Waals surface area contributed by atoms with E-state index >= 15 is 0 Å². The maximum absolute atomic E-state index is 13.1. The van der Waals surface area contributed by atoms with Crippen LogP contribution in [-0.4, -0.2) is 15.7 Å². The third kappa shape index (κ3) is 3.99. The fourth-order valence-corrected chi connectivity index (χ4v) is 3.12. The summed E-state index contributed by atoms with van der Waals surface area (Å²) in [4.78, 5) is 12.4. The average Bonchev–Trinajstić information content (AvgIpc) is 2.50. The molecule has 0 fully saturated rings. The van der Waals surface area contributed by atoms with Crippen LogP contribution in [0.25, 0.3) is 0 Å². The van der Waals surface area contributed by atoms with Gasteiger partial charge in [-0.1, -0.05) is 42.8 Å². The SMILES string of the molecule is CCc1ccc(C(=O)CS(=O)c2ccc(F)c(Cl)c2)cc1. The number of carbonyl (C=O) groups excluding carboxylic acids is 1. The summed E-state index contributed by atoms with van der Waals surface area (Å²) in [6.07, 6.45) is 0.897. The molecule has 0 saturated carbocycles. The summed E-state index contributed by atoms with van der Waals surface area (Å²) in [6, 6.07) is 11.0. The van der Waals surface area contributed by atoms with E-state index in [0.717, 1.165) is 18.1 Å². The van der Waals surface area contributed by atoms with Crippen molar-refractivity contribution in [2.75, 3.05) is 5.75 Å². The van der Waals surface area contributed by atoms with Crippen LogP contribution in [0, 0.1) is 5.82 Å². The number of aryl methyl sites for hydroxylation is 1. The van der Waals surface area contributed by atoms with E-state index in [1.165, 1.54) is 12.1 Å². The zero-order chi connectivity index (χ0) is 15.4. The number of carbonyl (C=O) groups is 1. The first-order chi connectivity index (χ1) is 10.0. The number of ketones is 1. The molecule has 0 aliphatic heterocycles. The summed E-state index contributed by atoms with van der Waals surface area (Å²) in [5, 5.41) is -0.0967. The molecular formula is C16H14ClFO2S. The van der Waals surface area contributed by atoms with Gasteiger partial charge >= 0.3 is 0 Å². The molecule has 0 N–H and O–H groups in total. The highest BCUT2D eigenvalue weighted by Gasteiger charge is 2.13. The van der Waals surface area contributed by atoms with Gasteiger partial charge in [-0.15, -0.1) is 0 Å². The molecule has 0 bridgehead atoms. The van der Waals surface area contributed by atoms with Crippen molar-refractivity contribution in [3.8, 4) is 0 Å². The van der Waals surface area contributed by atoms with Gasteiger partial charge in [0.25, 0.3) is 0 Å². The van der Waals surface area contributed by atoms with Crippen molar-refractivity contribution < 1.29 is 13.4 Å². The zero-order valence-electron chi connectivity index (χ0n) is 11.4. The summed E-state index contributed by atoms with van der Waals surface area (Å²) >= 11 is 5.65. The first kappa shape index (κ1) is 15.9. The van der Waals surface area contributed by atoms with Crippen LogP contribution in [0.4, 0.5) is 4.39 Å². The van der Waals surface area contributed by atoms with Crippen LogP contribution in [0.1, 0.15) is 22.8 Å². The molecule has 110 valence electrons. The van der Waals surface area contributed by atoms with Crippen LogP contribution < -0.4 is 0 Å². The number of rotatable bonds is 5. The zero-order valence-corrected chi connectivity index (χ0v) is 13.0. The van der Waals surface area contributed by atoms with Crippen molar-refractivity contribution in [1.82, 2.24) is 0 Å². The Morgan fingerprint density at radius 1 is 1.19 bits per heavy atom. The molecule has 1 unspecified atom stereocenters. The second-order valence-corrected chi connectivity index (χ2v) is 6.40. The Kier molecular flexibility index (Phi) is 5.26. The lowest BCUT2D eigenvalue weighted by Crippen LogP contribution is -2.11. The van der Waals surface area contributed by atoms with Crippen molar-refractivity contribution in [2.24, 2.45) is 0 Å². The van der Waals surface area contributed by atoms with Crippen molar-refractivity contribution in [3.05, 3.63) is 64.4 Å². The van der Waals surface area contributed by atoms with Gasteiger partial charge in [0.2, 0.25) is 0 Å². The molecule has 2 rings (SSSR count). The topological polar surface area (TPSA) is 34.1 Å². The highest BCUT2D eigenvalue weighted by molar-refractivity contribution is 7.85. The van der Waals surface area contributed by atoms with Crippen LogP contribution in [-0.2, 0) is 17.2 Å². The van der Waals surface area contributed by atoms with E-state index in [4.69, 9.17) is 11.6 Å². The molecule has 0 heterocycles. The van der Waals surface area contributed by atoms with E-state index in [9.17, 15) is 13.4 Å². The van der Waals surface area contributed by atoms with E-state index in [0.29, 0.717) is 10.5 Å². The summed E-state index contributed by atoms with van der Waals surface area (Å²) in [6.45, 7) is 2.03. The van der Waals surface area contributed by atoms with Gasteiger partial charge in [-0.05, 0) is 30.2 Å². The number of benzene rings is 2. The van der Waals surface area contributed by atoms with Crippen LogP contribution in [0.15, 0.2) is 47.4 Å². The Balaban J connectivity index is 2.10. The quantitative estimate of drug-likeness (QED) is 0.778. The third-order valence-corrected chi connectivity index (χ3v) is 4.69. The van der Waals surface area contributed by atoms with Gasteiger partial charge in [-0.25, -0.2) is 4.39 Å². The van der Waals surface area contributed by atoms with Crippen molar-refractivity contribution in [2.45, 2.75) is 18.2 Å². The fourth-order valence-electron chi connectivity index (χ4n) is 1.83. The summed E-state index contributed by atoms with van der Waals surface area (Å²) in [5.74, 6) is -0.928. The molecule has 1 atom stereocenters. The molecule has 0 spiro atoms. The number of Topliss-reactive ketones (excluding diaryl/α,β-unsaturated/α-hetero) is 1. The predicted octanol–water partition coefficient (Wildman–Crippen LogP) is 4.03. The molecule has 0 aliphatic rings. The maximum Gasteiger partial charge on any atom is 0.175 e. The van der Waals surface area contributed by atoms with Gasteiger partial charge in [0.1, 0.15) is 5.82 Å². The molecule has 21 heavy (non-hydrogen) atoms.